The van der Waals surface area contributed by atoms with Crippen LogP contribution in [0.4, 0.5) is 4.39 Å². The third-order valence-corrected chi connectivity index (χ3v) is 3.38. The molecule has 1 aliphatic rings. The molecule has 0 unspecified atom stereocenters. The van der Waals surface area contributed by atoms with Crippen LogP contribution >= 0.6 is 0 Å². The number of benzene rings is 1. The number of carbonyl (C=O) groups excluding carboxylic acids is 1. The van der Waals surface area contributed by atoms with Crippen LogP contribution in [0.25, 0.3) is 0 Å². The smallest absolute Gasteiger partial charge is 0.223 e. The summed E-state index contributed by atoms with van der Waals surface area (Å²) in [6.45, 7) is 6.03. The quantitative estimate of drug-likeness (QED) is 0.817. The summed E-state index contributed by atoms with van der Waals surface area (Å²) in [4.78, 5) is 15.9. The molecule has 1 amide bonds. The minimum Gasteiger partial charge on any atom is -0.342 e. The van der Waals surface area contributed by atoms with Crippen molar-refractivity contribution >= 4 is 5.91 Å². The van der Waals surface area contributed by atoms with E-state index in [1.165, 1.54) is 12.1 Å². The van der Waals surface area contributed by atoms with Crippen molar-refractivity contribution < 1.29 is 9.18 Å². The van der Waals surface area contributed by atoms with E-state index in [0.29, 0.717) is 6.42 Å². The summed E-state index contributed by atoms with van der Waals surface area (Å²) in [7, 11) is 0. The predicted molar refractivity (Wildman–Crippen MR) is 68.5 cm³/mol. The maximum absolute atomic E-state index is 12.8. The molecule has 1 aromatic rings. The monoisotopic (exact) mass is 250 g/mol. The van der Waals surface area contributed by atoms with Crippen molar-refractivity contribution in [1.29, 1.82) is 0 Å². The molecular weight excluding hydrogens is 231 g/mol. The van der Waals surface area contributed by atoms with Crippen LogP contribution in [0.3, 0.4) is 0 Å². The third kappa shape index (κ3) is 3.29. The van der Waals surface area contributed by atoms with E-state index >= 15 is 0 Å². The van der Waals surface area contributed by atoms with E-state index < -0.39 is 0 Å². The molecule has 98 valence electrons. The first-order chi connectivity index (χ1) is 8.69. The highest BCUT2D eigenvalue weighted by molar-refractivity contribution is 5.76. The van der Waals surface area contributed by atoms with Gasteiger partial charge in [-0.25, -0.2) is 4.39 Å². The second kappa shape index (κ2) is 5.96. The van der Waals surface area contributed by atoms with Crippen LogP contribution in [-0.4, -0.2) is 41.9 Å². The van der Waals surface area contributed by atoms with E-state index in [9.17, 15) is 9.18 Å². The minimum absolute atomic E-state index is 0.207. The van der Waals surface area contributed by atoms with Crippen molar-refractivity contribution in [3.63, 3.8) is 0 Å². The lowest BCUT2D eigenvalue weighted by atomic mass is 10.2. The molecule has 0 spiro atoms. The molecule has 0 bridgehead atoms. The van der Waals surface area contributed by atoms with E-state index in [0.717, 1.165) is 38.3 Å². The molecule has 2 rings (SSSR count). The van der Waals surface area contributed by atoms with Crippen LogP contribution in [0.1, 0.15) is 18.9 Å². The lowest BCUT2D eigenvalue weighted by molar-refractivity contribution is -0.130. The summed E-state index contributed by atoms with van der Waals surface area (Å²) < 4.78 is 12.8. The van der Waals surface area contributed by atoms with Gasteiger partial charge in [0.15, 0.2) is 0 Å². The summed E-state index contributed by atoms with van der Waals surface area (Å²) in [5.74, 6) is 0.0288. The number of rotatable bonds is 3. The highest BCUT2D eigenvalue weighted by atomic mass is 19.1. The molecule has 1 heterocycles. The van der Waals surface area contributed by atoms with Gasteiger partial charge in [0.2, 0.25) is 5.91 Å². The fraction of sp³-hybridized carbons (Fsp3) is 0.500. The predicted octanol–water partition coefficient (Wildman–Crippen LogP) is 1.88. The van der Waals surface area contributed by atoms with Gasteiger partial charge in [0.1, 0.15) is 5.82 Å². The Hall–Kier alpha value is -1.42. The fourth-order valence-electron chi connectivity index (χ4n) is 2.25. The number of hydrogen-bond acceptors (Lipinski definition) is 2. The third-order valence-electron chi connectivity index (χ3n) is 3.38. The minimum atomic E-state index is -0.207. The zero-order chi connectivity index (χ0) is 13.0. The lowest BCUT2D eigenvalue weighted by Gasteiger charge is -2.20. The summed E-state index contributed by atoms with van der Waals surface area (Å²) in [6.07, 6.45) is 0.578. The van der Waals surface area contributed by atoms with Gasteiger partial charge < -0.3 is 4.90 Å². The van der Waals surface area contributed by atoms with Crippen LogP contribution in [0, 0.1) is 5.82 Å². The molecule has 0 aromatic heterocycles. The first-order valence-electron chi connectivity index (χ1n) is 6.43. The van der Waals surface area contributed by atoms with Gasteiger partial charge >= 0.3 is 0 Å². The van der Waals surface area contributed by atoms with Crippen molar-refractivity contribution in [2.75, 3.05) is 26.2 Å². The molecule has 0 saturated carbocycles. The highest BCUT2D eigenvalue weighted by Crippen LogP contribution is 2.10. The van der Waals surface area contributed by atoms with Gasteiger partial charge in [-0.2, -0.15) is 0 Å². The molecule has 0 radical (unpaired) electrons. The highest BCUT2D eigenvalue weighted by Gasteiger charge is 2.19. The second-order valence-corrected chi connectivity index (χ2v) is 4.63. The second-order valence-electron chi connectivity index (χ2n) is 4.63. The van der Waals surface area contributed by atoms with Crippen molar-refractivity contribution in [2.45, 2.75) is 19.9 Å². The van der Waals surface area contributed by atoms with Crippen LogP contribution in [0.2, 0.25) is 0 Å². The first kappa shape index (κ1) is 13.0. The van der Waals surface area contributed by atoms with E-state index in [2.05, 4.69) is 4.90 Å². The molecule has 1 aliphatic heterocycles. The maximum Gasteiger partial charge on any atom is 0.223 e. The average Bonchev–Trinajstić information content (AvgIpc) is 2.55. The molecule has 0 atom stereocenters. The molecular formula is C14H19FN2O. The number of hydrogen-bond donors (Lipinski definition) is 0. The van der Waals surface area contributed by atoms with Crippen LogP contribution in [0.15, 0.2) is 24.3 Å². The molecule has 3 nitrogen and oxygen atoms in total. The zero-order valence-corrected chi connectivity index (χ0v) is 10.7. The number of amides is 1. The Balaban J connectivity index is 1.94. The SMILES string of the molecule is CCN1CCN(Cc2ccc(F)cc2)CCC1=O. The van der Waals surface area contributed by atoms with E-state index in [4.69, 9.17) is 0 Å². The Morgan fingerprint density at radius 2 is 1.89 bits per heavy atom. The number of nitrogens with zero attached hydrogens (tertiary/aromatic N) is 2. The summed E-state index contributed by atoms with van der Waals surface area (Å²) in [5.41, 5.74) is 1.09. The van der Waals surface area contributed by atoms with Gasteiger partial charge in [-0.15, -0.1) is 0 Å². The van der Waals surface area contributed by atoms with Gasteiger partial charge in [-0.1, -0.05) is 12.1 Å². The fourth-order valence-corrected chi connectivity index (χ4v) is 2.25. The summed E-state index contributed by atoms with van der Waals surface area (Å²) in [6, 6.07) is 6.58. The van der Waals surface area contributed by atoms with Crippen LogP contribution in [-0.2, 0) is 11.3 Å². The van der Waals surface area contributed by atoms with Crippen molar-refractivity contribution in [3.05, 3.63) is 35.6 Å². The van der Waals surface area contributed by atoms with Crippen molar-refractivity contribution in [2.24, 2.45) is 0 Å². The van der Waals surface area contributed by atoms with Crippen LogP contribution in [0.5, 0.6) is 0 Å². The number of halogens is 1. The lowest BCUT2D eigenvalue weighted by Crippen LogP contribution is -2.32. The van der Waals surface area contributed by atoms with Crippen LogP contribution < -0.4 is 0 Å². The summed E-state index contributed by atoms with van der Waals surface area (Å²) in [5, 5.41) is 0. The van der Waals surface area contributed by atoms with Crippen molar-refractivity contribution in [1.82, 2.24) is 9.80 Å². The molecule has 4 heteroatoms. The molecule has 1 fully saturated rings. The molecule has 0 aliphatic carbocycles. The van der Waals surface area contributed by atoms with Gasteiger partial charge in [0.25, 0.3) is 0 Å². The first-order valence-corrected chi connectivity index (χ1v) is 6.43. The topological polar surface area (TPSA) is 23.6 Å². The van der Waals surface area contributed by atoms with Gasteiger partial charge in [-0.3, -0.25) is 9.69 Å². The summed E-state index contributed by atoms with van der Waals surface area (Å²) >= 11 is 0. The van der Waals surface area contributed by atoms with E-state index in [1.807, 2.05) is 11.8 Å². The Morgan fingerprint density at radius 3 is 2.56 bits per heavy atom. The van der Waals surface area contributed by atoms with Crippen molar-refractivity contribution in [3.8, 4) is 0 Å². The van der Waals surface area contributed by atoms with Gasteiger partial charge in [0.05, 0.1) is 0 Å². The standard InChI is InChI=1S/C14H19FN2O/c1-2-17-10-9-16(8-7-14(17)18)11-12-3-5-13(15)6-4-12/h3-6H,2,7-11H2,1H3. The maximum atomic E-state index is 12.8. The zero-order valence-electron chi connectivity index (χ0n) is 10.7. The van der Waals surface area contributed by atoms with Gasteiger partial charge in [-0.05, 0) is 24.6 Å². The Morgan fingerprint density at radius 1 is 1.17 bits per heavy atom. The van der Waals surface area contributed by atoms with E-state index in [1.54, 1.807) is 12.1 Å². The molecule has 18 heavy (non-hydrogen) atoms. The van der Waals surface area contributed by atoms with Gasteiger partial charge in [0, 0.05) is 39.1 Å². The molecule has 1 aromatic carbocycles. The number of carbonyl (C=O) groups is 1. The molecule has 0 N–H and O–H groups in total. The normalized spacial score (nSPS) is 17.9. The molecule has 1 saturated heterocycles. The average molecular weight is 250 g/mol. The number of likely N-dealkylation sites (N-methyl/N-ethyl adjacent to an activating group) is 1. The van der Waals surface area contributed by atoms with E-state index in [-0.39, 0.29) is 11.7 Å². The Kier molecular flexibility index (Phi) is 4.31. The largest absolute Gasteiger partial charge is 0.342 e. The Labute approximate surface area is 107 Å². The Bertz CT molecular complexity index is 405.